The molecule has 2 aromatic rings. The van der Waals surface area contributed by atoms with Gasteiger partial charge in [-0.2, -0.15) is 0 Å². The van der Waals surface area contributed by atoms with E-state index in [2.05, 4.69) is 6.92 Å². The molecule has 0 aromatic heterocycles. The third kappa shape index (κ3) is 4.13. The molecule has 0 heterocycles. The van der Waals surface area contributed by atoms with Gasteiger partial charge in [0.15, 0.2) is 0 Å². The third-order valence-corrected chi connectivity index (χ3v) is 3.69. The van der Waals surface area contributed by atoms with Gasteiger partial charge < -0.3 is 15.2 Å². The quantitative estimate of drug-likeness (QED) is 0.859. The monoisotopic (exact) mass is 305 g/mol. The fourth-order valence-corrected chi connectivity index (χ4v) is 2.27. The average Bonchev–Trinajstić information content (AvgIpc) is 2.50. The second kappa shape index (κ2) is 7.34. The fraction of sp³-hybridized carbons (Fsp3) is 0.294. The zero-order valence-electron chi connectivity index (χ0n) is 12.3. The summed E-state index contributed by atoms with van der Waals surface area (Å²) in [5, 5.41) is 0.680. The molecular weight excluding hydrogens is 286 g/mol. The maximum atomic E-state index is 6.29. The molecule has 0 spiro atoms. The van der Waals surface area contributed by atoms with Gasteiger partial charge in [0.25, 0.3) is 0 Å². The number of halogens is 1. The van der Waals surface area contributed by atoms with Crippen LogP contribution in [-0.2, 0) is 6.42 Å². The van der Waals surface area contributed by atoms with Gasteiger partial charge in [-0.05, 0) is 37.1 Å². The van der Waals surface area contributed by atoms with Gasteiger partial charge in [0.1, 0.15) is 17.2 Å². The summed E-state index contributed by atoms with van der Waals surface area (Å²) in [6.45, 7) is 2.06. The first-order valence-electron chi connectivity index (χ1n) is 6.99. The minimum absolute atomic E-state index is 0.0672. The second-order valence-electron chi connectivity index (χ2n) is 4.87. The van der Waals surface area contributed by atoms with Gasteiger partial charge in [-0.3, -0.25) is 0 Å². The number of ether oxygens (including phenoxy) is 2. The summed E-state index contributed by atoms with van der Waals surface area (Å²) in [4.78, 5) is 0. The highest BCUT2D eigenvalue weighted by Gasteiger charge is 2.12. The molecule has 1 atom stereocenters. The number of hydrogen-bond acceptors (Lipinski definition) is 3. The molecule has 0 aliphatic carbocycles. The summed E-state index contributed by atoms with van der Waals surface area (Å²) in [6.07, 6.45) is 1.58. The Bertz CT molecular complexity index is 601. The molecule has 0 radical (unpaired) electrons. The molecule has 0 saturated carbocycles. The summed E-state index contributed by atoms with van der Waals surface area (Å²) in [6, 6.07) is 13.2. The maximum absolute atomic E-state index is 6.29. The van der Waals surface area contributed by atoms with Crippen molar-refractivity contribution in [1.82, 2.24) is 0 Å². The van der Waals surface area contributed by atoms with E-state index < -0.39 is 0 Å². The first kappa shape index (κ1) is 15.7. The highest BCUT2D eigenvalue weighted by atomic mass is 35.5. The van der Waals surface area contributed by atoms with Crippen LogP contribution in [0.4, 0.5) is 0 Å². The predicted octanol–water partition coefficient (Wildman–Crippen LogP) is 4.42. The Morgan fingerprint density at radius 2 is 1.86 bits per heavy atom. The van der Waals surface area contributed by atoms with E-state index in [-0.39, 0.29) is 6.04 Å². The molecule has 21 heavy (non-hydrogen) atoms. The minimum atomic E-state index is 0.0672. The van der Waals surface area contributed by atoms with Gasteiger partial charge in [-0.25, -0.2) is 0 Å². The molecule has 3 nitrogen and oxygen atoms in total. The van der Waals surface area contributed by atoms with Crippen LogP contribution in [0.25, 0.3) is 0 Å². The molecule has 0 fully saturated rings. The first-order valence-corrected chi connectivity index (χ1v) is 7.36. The Balaban J connectivity index is 2.28. The predicted molar refractivity (Wildman–Crippen MR) is 86.5 cm³/mol. The van der Waals surface area contributed by atoms with E-state index in [1.807, 2.05) is 42.5 Å². The van der Waals surface area contributed by atoms with Gasteiger partial charge >= 0.3 is 0 Å². The topological polar surface area (TPSA) is 44.5 Å². The standard InChI is InChI=1S/C17H20ClNO2/c1-3-12(19)10-15-16(18)8-5-9-17(15)21-14-7-4-6-13(11-14)20-2/h4-9,11-12H,3,10,19H2,1-2H3. The molecule has 2 aromatic carbocycles. The second-order valence-corrected chi connectivity index (χ2v) is 5.28. The zero-order valence-corrected chi connectivity index (χ0v) is 13.1. The highest BCUT2D eigenvalue weighted by molar-refractivity contribution is 6.31. The number of hydrogen-bond donors (Lipinski definition) is 1. The van der Waals surface area contributed by atoms with Gasteiger partial charge in [0.2, 0.25) is 0 Å². The summed E-state index contributed by atoms with van der Waals surface area (Å²) < 4.78 is 11.2. The van der Waals surface area contributed by atoms with Crippen LogP contribution < -0.4 is 15.2 Å². The van der Waals surface area contributed by atoms with E-state index in [1.165, 1.54) is 0 Å². The normalized spacial score (nSPS) is 12.0. The molecule has 0 saturated heterocycles. The van der Waals surface area contributed by atoms with Crippen molar-refractivity contribution in [3.05, 3.63) is 53.1 Å². The van der Waals surface area contributed by atoms with Crippen LogP contribution in [-0.4, -0.2) is 13.2 Å². The third-order valence-electron chi connectivity index (χ3n) is 3.34. The number of methoxy groups -OCH3 is 1. The molecule has 0 bridgehead atoms. The van der Waals surface area contributed by atoms with Gasteiger partial charge in [0.05, 0.1) is 7.11 Å². The smallest absolute Gasteiger partial charge is 0.132 e. The molecule has 4 heteroatoms. The Morgan fingerprint density at radius 3 is 2.57 bits per heavy atom. The van der Waals surface area contributed by atoms with E-state index in [0.717, 1.165) is 23.5 Å². The summed E-state index contributed by atoms with van der Waals surface area (Å²) in [5.41, 5.74) is 6.99. The molecule has 0 amide bonds. The Labute approximate surface area is 130 Å². The van der Waals surface area contributed by atoms with Crippen LogP contribution in [0.5, 0.6) is 17.2 Å². The Hall–Kier alpha value is -1.71. The minimum Gasteiger partial charge on any atom is -0.497 e. The number of nitrogens with two attached hydrogens (primary N) is 1. The molecule has 2 N–H and O–H groups in total. The van der Waals surface area contributed by atoms with Crippen molar-refractivity contribution < 1.29 is 9.47 Å². The molecule has 2 rings (SSSR count). The largest absolute Gasteiger partial charge is 0.497 e. The van der Waals surface area contributed by atoms with Crippen LogP contribution in [0.15, 0.2) is 42.5 Å². The Kier molecular flexibility index (Phi) is 5.48. The van der Waals surface area contributed by atoms with E-state index in [9.17, 15) is 0 Å². The summed E-state index contributed by atoms with van der Waals surface area (Å²) in [5.74, 6) is 2.20. The first-order chi connectivity index (χ1) is 10.1. The SMILES string of the molecule is CCC(N)Cc1c(Cl)cccc1Oc1cccc(OC)c1. The zero-order chi connectivity index (χ0) is 15.2. The molecule has 112 valence electrons. The van der Waals surface area contributed by atoms with Crippen molar-refractivity contribution in [2.45, 2.75) is 25.8 Å². The van der Waals surface area contributed by atoms with Gasteiger partial charge in [0, 0.05) is 22.7 Å². The van der Waals surface area contributed by atoms with Crippen molar-refractivity contribution >= 4 is 11.6 Å². The summed E-state index contributed by atoms with van der Waals surface area (Å²) in [7, 11) is 1.63. The molecular formula is C17H20ClNO2. The van der Waals surface area contributed by atoms with E-state index in [1.54, 1.807) is 7.11 Å². The van der Waals surface area contributed by atoms with Crippen LogP contribution in [0.1, 0.15) is 18.9 Å². The van der Waals surface area contributed by atoms with Crippen LogP contribution >= 0.6 is 11.6 Å². The van der Waals surface area contributed by atoms with Crippen LogP contribution in [0.3, 0.4) is 0 Å². The lowest BCUT2D eigenvalue weighted by molar-refractivity contribution is 0.408. The van der Waals surface area contributed by atoms with Crippen molar-refractivity contribution in [2.24, 2.45) is 5.73 Å². The average molecular weight is 306 g/mol. The fourth-order valence-electron chi connectivity index (χ4n) is 2.03. The molecule has 0 aliphatic heterocycles. The van der Waals surface area contributed by atoms with E-state index in [4.69, 9.17) is 26.8 Å². The van der Waals surface area contributed by atoms with Gasteiger partial charge in [-0.1, -0.05) is 30.7 Å². The maximum Gasteiger partial charge on any atom is 0.132 e. The van der Waals surface area contributed by atoms with Crippen LogP contribution in [0, 0.1) is 0 Å². The van der Waals surface area contributed by atoms with Crippen molar-refractivity contribution in [1.29, 1.82) is 0 Å². The van der Waals surface area contributed by atoms with Gasteiger partial charge in [-0.15, -0.1) is 0 Å². The lowest BCUT2D eigenvalue weighted by Gasteiger charge is -2.16. The van der Waals surface area contributed by atoms with Crippen LogP contribution in [0.2, 0.25) is 5.02 Å². The Morgan fingerprint density at radius 1 is 1.14 bits per heavy atom. The molecule has 1 unspecified atom stereocenters. The number of benzene rings is 2. The number of rotatable bonds is 6. The van der Waals surface area contributed by atoms with Crippen molar-refractivity contribution in [3.8, 4) is 17.2 Å². The lowest BCUT2D eigenvalue weighted by Crippen LogP contribution is -2.21. The molecule has 0 aliphatic rings. The van der Waals surface area contributed by atoms with Crippen molar-refractivity contribution in [3.63, 3.8) is 0 Å². The lowest BCUT2D eigenvalue weighted by atomic mass is 10.0. The van der Waals surface area contributed by atoms with E-state index in [0.29, 0.717) is 17.2 Å². The highest BCUT2D eigenvalue weighted by Crippen LogP contribution is 2.32. The van der Waals surface area contributed by atoms with E-state index >= 15 is 0 Å². The van der Waals surface area contributed by atoms with Crippen molar-refractivity contribution in [2.75, 3.05) is 7.11 Å². The summed E-state index contributed by atoms with van der Waals surface area (Å²) >= 11 is 6.29.